The van der Waals surface area contributed by atoms with Crippen molar-refractivity contribution in [2.75, 3.05) is 11.6 Å². The molecule has 12 heteroatoms. The van der Waals surface area contributed by atoms with Crippen LogP contribution in [-0.2, 0) is 16.0 Å². The van der Waals surface area contributed by atoms with Crippen LogP contribution in [0.3, 0.4) is 0 Å². The molecule has 0 amide bonds. The Morgan fingerprint density at radius 3 is 2.44 bits per heavy atom. The van der Waals surface area contributed by atoms with Gasteiger partial charge in [-0.15, -0.1) is 0 Å². The minimum Gasteiger partial charge on any atom is -0.367 e. The van der Waals surface area contributed by atoms with Crippen molar-refractivity contribution in [3.8, 4) is 11.6 Å². The van der Waals surface area contributed by atoms with E-state index < -0.39 is 21.7 Å². The van der Waals surface area contributed by atoms with Gasteiger partial charge in [0.25, 0.3) is 0 Å². The number of anilines is 1. The van der Waals surface area contributed by atoms with Crippen LogP contribution in [0, 0.1) is 0 Å². The van der Waals surface area contributed by atoms with Gasteiger partial charge in [0.05, 0.1) is 16.7 Å². The molecule has 1 fully saturated rings. The maximum absolute atomic E-state index is 13.9. The molecular weight excluding hydrogens is 471 g/mol. The van der Waals surface area contributed by atoms with E-state index in [1.54, 1.807) is 30.3 Å². The number of halogens is 3. The highest BCUT2D eigenvalue weighted by Gasteiger charge is 2.40. The molecule has 0 atom stereocenters. The highest BCUT2D eigenvalue weighted by atomic mass is 32.2. The summed E-state index contributed by atoms with van der Waals surface area (Å²) in [6.45, 7) is 0. The largest absolute Gasteiger partial charge is 0.435 e. The summed E-state index contributed by atoms with van der Waals surface area (Å²) >= 11 is 0. The minimum absolute atomic E-state index is 0.0297. The monoisotopic (exact) mass is 493 g/mol. The van der Waals surface area contributed by atoms with Gasteiger partial charge in [-0.1, -0.05) is 36.2 Å². The van der Waals surface area contributed by atoms with Gasteiger partial charge in [-0.2, -0.15) is 23.0 Å². The number of hydrogen-bond donors (Lipinski definition) is 1. The Labute approximate surface area is 194 Å². The molecular formula is C22H22F3N5O3S. The van der Waals surface area contributed by atoms with Crippen molar-refractivity contribution in [1.29, 1.82) is 0 Å². The molecule has 1 aromatic carbocycles. The Morgan fingerprint density at radius 1 is 1.15 bits per heavy atom. The number of nitrogens with one attached hydrogen (secondary N) is 1. The van der Waals surface area contributed by atoms with Gasteiger partial charge >= 0.3 is 6.18 Å². The summed E-state index contributed by atoms with van der Waals surface area (Å²) in [7, 11) is -3.52. The van der Waals surface area contributed by atoms with Gasteiger partial charge in [-0.3, -0.25) is 0 Å². The summed E-state index contributed by atoms with van der Waals surface area (Å²) in [5.74, 6) is 0.448. The van der Waals surface area contributed by atoms with Crippen LogP contribution in [-0.4, -0.2) is 41.7 Å². The summed E-state index contributed by atoms with van der Waals surface area (Å²) in [5, 5.41) is 10.7. The van der Waals surface area contributed by atoms with Crippen molar-refractivity contribution in [3.63, 3.8) is 0 Å². The zero-order valence-electron chi connectivity index (χ0n) is 18.2. The van der Waals surface area contributed by atoms with E-state index >= 15 is 0 Å². The Hall–Kier alpha value is -3.41. The van der Waals surface area contributed by atoms with Crippen LogP contribution in [0.25, 0.3) is 5.82 Å². The summed E-state index contributed by atoms with van der Waals surface area (Å²) in [4.78, 5) is 9.23. The van der Waals surface area contributed by atoms with E-state index in [-0.39, 0.29) is 28.1 Å². The number of nitrogens with zero attached hydrogens (tertiary/aromatic N) is 4. The van der Waals surface area contributed by atoms with Crippen LogP contribution >= 0.6 is 0 Å². The lowest BCUT2D eigenvalue weighted by atomic mass is 10.2. The Bertz CT molecular complexity index is 1270. The van der Waals surface area contributed by atoms with Crippen LogP contribution in [0.15, 0.2) is 58.7 Å². The molecule has 0 bridgehead atoms. The predicted molar refractivity (Wildman–Crippen MR) is 120 cm³/mol. The van der Waals surface area contributed by atoms with Gasteiger partial charge in [-0.05, 0) is 37.1 Å². The van der Waals surface area contributed by atoms with E-state index in [2.05, 4.69) is 20.6 Å². The van der Waals surface area contributed by atoms with E-state index in [0.717, 1.165) is 49.0 Å². The van der Waals surface area contributed by atoms with Crippen molar-refractivity contribution in [3.05, 3.63) is 59.9 Å². The van der Waals surface area contributed by atoms with Crippen molar-refractivity contribution < 1.29 is 26.4 Å². The molecule has 34 heavy (non-hydrogen) atoms. The standard InChI is InChI=1S/C22H22F3N5O3S/c1-34(31,32)17-11-12-19(26-13-17)30-21(28-15-7-5-6-8-15)18(20(29-30)22(23,24)25)14-27-33-16-9-3-2-4-10-16/h2-4,9-15,28H,5-8H2,1H3. The lowest BCUT2D eigenvalue weighted by Gasteiger charge is -2.16. The fourth-order valence-corrected chi connectivity index (χ4v) is 4.23. The summed E-state index contributed by atoms with van der Waals surface area (Å²) in [5.41, 5.74) is -1.47. The highest BCUT2D eigenvalue weighted by Crippen LogP contribution is 2.36. The summed E-state index contributed by atoms with van der Waals surface area (Å²) in [6.07, 6.45) is 1.81. The molecule has 0 radical (unpaired) electrons. The summed E-state index contributed by atoms with van der Waals surface area (Å²) in [6, 6.07) is 11.0. The Morgan fingerprint density at radius 2 is 1.85 bits per heavy atom. The number of alkyl halides is 3. The third kappa shape index (κ3) is 5.38. The van der Waals surface area contributed by atoms with Gasteiger partial charge in [0.2, 0.25) is 0 Å². The SMILES string of the molecule is CS(=O)(=O)c1ccc(-n2nc(C(F)(F)F)c(C=NOc3ccccc3)c2NC2CCCC2)nc1. The Kier molecular flexibility index (Phi) is 6.60. The zero-order valence-corrected chi connectivity index (χ0v) is 19.0. The van der Waals surface area contributed by atoms with Crippen molar-refractivity contribution >= 4 is 21.9 Å². The van der Waals surface area contributed by atoms with Crippen LogP contribution in [0.4, 0.5) is 19.0 Å². The van der Waals surface area contributed by atoms with E-state index in [1.165, 1.54) is 12.1 Å². The first-order valence-corrected chi connectivity index (χ1v) is 12.4. The number of pyridine rings is 1. The lowest BCUT2D eigenvalue weighted by molar-refractivity contribution is -0.141. The van der Waals surface area contributed by atoms with Crippen molar-refractivity contribution in [1.82, 2.24) is 14.8 Å². The minimum atomic E-state index is -4.78. The number of hydrogen-bond acceptors (Lipinski definition) is 7. The normalized spacial score (nSPS) is 15.2. The number of aromatic nitrogens is 3. The molecule has 0 spiro atoms. The van der Waals surface area contributed by atoms with E-state index in [1.807, 2.05) is 0 Å². The van der Waals surface area contributed by atoms with Crippen LogP contribution < -0.4 is 10.2 Å². The molecule has 2 heterocycles. The molecule has 1 aliphatic rings. The summed E-state index contributed by atoms with van der Waals surface area (Å²) < 4.78 is 66.3. The molecule has 180 valence electrons. The van der Waals surface area contributed by atoms with Gasteiger partial charge in [-0.25, -0.2) is 13.4 Å². The molecule has 2 aromatic heterocycles. The molecule has 1 N–H and O–H groups in total. The molecule has 0 unspecified atom stereocenters. The van der Waals surface area contributed by atoms with Crippen molar-refractivity contribution in [2.45, 2.75) is 42.8 Å². The molecule has 1 saturated carbocycles. The fourth-order valence-electron chi connectivity index (χ4n) is 3.67. The fraction of sp³-hybridized carbons (Fsp3) is 0.318. The van der Waals surface area contributed by atoms with E-state index in [4.69, 9.17) is 4.84 Å². The first kappa shape index (κ1) is 23.7. The molecule has 3 aromatic rings. The van der Waals surface area contributed by atoms with Gasteiger partial charge < -0.3 is 10.2 Å². The highest BCUT2D eigenvalue weighted by molar-refractivity contribution is 7.90. The number of oxime groups is 1. The molecule has 1 aliphatic carbocycles. The average Bonchev–Trinajstić information content (AvgIpc) is 3.43. The predicted octanol–water partition coefficient (Wildman–Crippen LogP) is 4.46. The van der Waals surface area contributed by atoms with Crippen LogP contribution in [0.1, 0.15) is 36.9 Å². The third-order valence-corrected chi connectivity index (χ3v) is 6.43. The second-order valence-electron chi connectivity index (χ2n) is 7.91. The number of benzene rings is 1. The maximum Gasteiger partial charge on any atom is 0.435 e. The van der Waals surface area contributed by atoms with Gasteiger partial charge in [0, 0.05) is 18.5 Å². The zero-order chi connectivity index (χ0) is 24.3. The Balaban J connectivity index is 1.79. The first-order chi connectivity index (χ1) is 16.1. The van der Waals surface area contributed by atoms with Gasteiger partial charge in [0.1, 0.15) is 5.82 Å². The lowest BCUT2D eigenvalue weighted by Crippen LogP contribution is -2.19. The van der Waals surface area contributed by atoms with Crippen LogP contribution in [0.5, 0.6) is 5.75 Å². The molecule has 8 nitrogen and oxygen atoms in total. The average molecular weight is 494 g/mol. The van der Waals surface area contributed by atoms with Crippen LogP contribution in [0.2, 0.25) is 0 Å². The quantitative estimate of drug-likeness (QED) is 0.386. The van der Waals surface area contributed by atoms with E-state index in [0.29, 0.717) is 5.75 Å². The molecule has 4 rings (SSSR count). The molecule has 0 saturated heterocycles. The van der Waals surface area contributed by atoms with Crippen molar-refractivity contribution in [2.24, 2.45) is 5.16 Å². The second kappa shape index (κ2) is 9.45. The number of para-hydroxylation sites is 1. The maximum atomic E-state index is 13.9. The smallest absolute Gasteiger partial charge is 0.367 e. The topological polar surface area (TPSA) is 98.5 Å². The number of sulfone groups is 1. The number of rotatable bonds is 7. The third-order valence-electron chi connectivity index (χ3n) is 5.34. The van der Waals surface area contributed by atoms with Gasteiger partial charge in [0.15, 0.2) is 27.1 Å². The molecule has 0 aliphatic heterocycles. The van der Waals surface area contributed by atoms with E-state index in [9.17, 15) is 21.6 Å². The first-order valence-electron chi connectivity index (χ1n) is 10.5. The second-order valence-corrected chi connectivity index (χ2v) is 9.93.